The van der Waals surface area contributed by atoms with E-state index >= 15 is 0 Å². The SMILES string of the molecule is O=C(NC1CCCCNC1=O)C1CCN(c2ccccc2[N+](=O)[O-])CC1. The van der Waals surface area contributed by atoms with Crippen LogP contribution in [-0.2, 0) is 9.59 Å². The summed E-state index contributed by atoms with van der Waals surface area (Å²) in [5.41, 5.74) is 0.685. The molecule has 0 radical (unpaired) electrons. The van der Waals surface area contributed by atoms with Gasteiger partial charge in [-0.2, -0.15) is 0 Å². The minimum Gasteiger partial charge on any atom is -0.366 e. The van der Waals surface area contributed by atoms with Gasteiger partial charge >= 0.3 is 0 Å². The summed E-state index contributed by atoms with van der Waals surface area (Å²) in [5.74, 6) is -0.354. The molecule has 0 aliphatic carbocycles. The maximum Gasteiger partial charge on any atom is 0.292 e. The number of amides is 2. The van der Waals surface area contributed by atoms with Crippen LogP contribution in [0.2, 0.25) is 0 Å². The van der Waals surface area contributed by atoms with Gasteiger partial charge in [-0.3, -0.25) is 19.7 Å². The van der Waals surface area contributed by atoms with Crippen molar-refractivity contribution in [1.29, 1.82) is 0 Å². The van der Waals surface area contributed by atoms with E-state index in [9.17, 15) is 19.7 Å². The first-order valence-electron chi connectivity index (χ1n) is 9.12. The van der Waals surface area contributed by atoms with Gasteiger partial charge in [0, 0.05) is 31.6 Å². The Balaban J connectivity index is 1.57. The first kappa shape index (κ1) is 18.2. The summed E-state index contributed by atoms with van der Waals surface area (Å²) in [6, 6.07) is 6.23. The molecule has 1 unspecified atom stereocenters. The van der Waals surface area contributed by atoms with E-state index in [0.717, 1.165) is 12.8 Å². The van der Waals surface area contributed by atoms with Crippen LogP contribution in [0.3, 0.4) is 0 Å². The molecule has 2 fully saturated rings. The van der Waals surface area contributed by atoms with Crippen molar-refractivity contribution in [3.05, 3.63) is 34.4 Å². The van der Waals surface area contributed by atoms with Crippen LogP contribution in [0, 0.1) is 16.0 Å². The molecule has 0 spiro atoms. The van der Waals surface area contributed by atoms with E-state index in [-0.39, 0.29) is 28.3 Å². The zero-order valence-electron chi connectivity index (χ0n) is 14.6. The largest absolute Gasteiger partial charge is 0.366 e. The molecule has 3 rings (SSSR count). The summed E-state index contributed by atoms with van der Waals surface area (Å²) in [4.78, 5) is 37.3. The number of piperidine rings is 1. The molecule has 1 atom stereocenters. The molecule has 1 aromatic carbocycles. The van der Waals surface area contributed by atoms with Gasteiger partial charge in [0.25, 0.3) is 5.69 Å². The molecule has 2 saturated heterocycles. The maximum absolute atomic E-state index is 12.5. The quantitative estimate of drug-likeness (QED) is 0.627. The molecule has 2 amide bonds. The topological polar surface area (TPSA) is 105 Å². The highest BCUT2D eigenvalue weighted by Crippen LogP contribution is 2.31. The van der Waals surface area contributed by atoms with Gasteiger partial charge in [-0.05, 0) is 38.2 Å². The van der Waals surface area contributed by atoms with Gasteiger partial charge in [-0.1, -0.05) is 12.1 Å². The molecule has 26 heavy (non-hydrogen) atoms. The molecule has 2 aliphatic rings. The highest BCUT2D eigenvalue weighted by Gasteiger charge is 2.30. The molecular weight excluding hydrogens is 336 g/mol. The van der Waals surface area contributed by atoms with Crippen LogP contribution in [-0.4, -0.2) is 42.4 Å². The lowest BCUT2D eigenvalue weighted by Crippen LogP contribution is -2.49. The smallest absolute Gasteiger partial charge is 0.292 e. The first-order chi connectivity index (χ1) is 12.6. The van der Waals surface area contributed by atoms with Crippen LogP contribution in [0.5, 0.6) is 0 Å². The van der Waals surface area contributed by atoms with E-state index in [0.29, 0.717) is 44.6 Å². The Kier molecular flexibility index (Phi) is 5.70. The van der Waals surface area contributed by atoms with Gasteiger partial charge in [-0.15, -0.1) is 0 Å². The van der Waals surface area contributed by atoms with E-state index in [1.54, 1.807) is 18.2 Å². The molecule has 8 nitrogen and oxygen atoms in total. The zero-order chi connectivity index (χ0) is 18.5. The zero-order valence-corrected chi connectivity index (χ0v) is 14.6. The lowest BCUT2D eigenvalue weighted by molar-refractivity contribution is -0.384. The lowest BCUT2D eigenvalue weighted by Gasteiger charge is -2.33. The number of para-hydroxylation sites is 2. The van der Waals surface area contributed by atoms with E-state index in [2.05, 4.69) is 10.6 Å². The van der Waals surface area contributed by atoms with Gasteiger partial charge in [0.1, 0.15) is 11.7 Å². The average molecular weight is 360 g/mol. The third kappa shape index (κ3) is 4.12. The van der Waals surface area contributed by atoms with Crippen molar-refractivity contribution in [2.24, 2.45) is 5.92 Å². The van der Waals surface area contributed by atoms with E-state index in [1.165, 1.54) is 6.07 Å². The predicted molar refractivity (Wildman–Crippen MR) is 96.8 cm³/mol. The van der Waals surface area contributed by atoms with E-state index in [1.807, 2.05) is 4.90 Å². The standard InChI is InChI=1S/C18H24N4O4/c23-17(20-14-5-3-4-10-19-18(14)24)13-8-11-21(12-9-13)15-6-1-2-7-16(15)22(25)26/h1-2,6-7,13-14H,3-5,8-12H2,(H,19,24)(H,20,23). The van der Waals surface area contributed by atoms with Crippen LogP contribution >= 0.6 is 0 Å². The summed E-state index contributed by atoms with van der Waals surface area (Å²) in [6.45, 7) is 1.83. The average Bonchev–Trinajstić information content (AvgIpc) is 2.86. The summed E-state index contributed by atoms with van der Waals surface area (Å²) >= 11 is 0. The summed E-state index contributed by atoms with van der Waals surface area (Å²) in [6.07, 6.45) is 3.76. The predicted octanol–water partition coefficient (Wildman–Crippen LogP) is 1.60. The van der Waals surface area contributed by atoms with Crippen molar-refractivity contribution in [1.82, 2.24) is 10.6 Å². The molecular formula is C18H24N4O4. The van der Waals surface area contributed by atoms with Gasteiger partial charge in [0.2, 0.25) is 11.8 Å². The van der Waals surface area contributed by atoms with Crippen LogP contribution in [0.4, 0.5) is 11.4 Å². The van der Waals surface area contributed by atoms with Gasteiger partial charge in [0.05, 0.1) is 4.92 Å². The second kappa shape index (κ2) is 8.16. The summed E-state index contributed by atoms with van der Waals surface area (Å²) in [7, 11) is 0. The fourth-order valence-electron chi connectivity index (χ4n) is 3.64. The Labute approximate surface area is 152 Å². The van der Waals surface area contributed by atoms with Crippen molar-refractivity contribution in [3.63, 3.8) is 0 Å². The fourth-order valence-corrected chi connectivity index (χ4v) is 3.64. The normalized spacial score (nSPS) is 21.6. The summed E-state index contributed by atoms with van der Waals surface area (Å²) < 4.78 is 0. The molecule has 140 valence electrons. The number of benzene rings is 1. The van der Waals surface area contributed by atoms with Crippen molar-refractivity contribution in [2.45, 2.75) is 38.1 Å². The Bertz CT molecular complexity index is 686. The Morgan fingerprint density at radius 1 is 1.19 bits per heavy atom. The van der Waals surface area contributed by atoms with Gasteiger partial charge < -0.3 is 15.5 Å². The minimum atomic E-state index is -0.446. The fraction of sp³-hybridized carbons (Fsp3) is 0.556. The molecule has 0 bridgehead atoms. The number of carbonyl (C=O) groups is 2. The molecule has 2 N–H and O–H groups in total. The lowest BCUT2D eigenvalue weighted by atomic mass is 9.94. The maximum atomic E-state index is 12.5. The van der Waals surface area contributed by atoms with Crippen molar-refractivity contribution in [3.8, 4) is 0 Å². The van der Waals surface area contributed by atoms with Crippen molar-refractivity contribution in [2.75, 3.05) is 24.5 Å². The Hall–Kier alpha value is -2.64. The molecule has 1 aromatic rings. The first-order valence-corrected chi connectivity index (χ1v) is 9.12. The monoisotopic (exact) mass is 360 g/mol. The molecule has 8 heteroatoms. The number of rotatable bonds is 4. The molecule has 0 saturated carbocycles. The van der Waals surface area contributed by atoms with Crippen LogP contribution < -0.4 is 15.5 Å². The van der Waals surface area contributed by atoms with Crippen LogP contribution in [0.15, 0.2) is 24.3 Å². The third-order valence-corrected chi connectivity index (χ3v) is 5.14. The number of anilines is 1. The summed E-state index contributed by atoms with van der Waals surface area (Å²) in [5, 5.41) is 16.9. The van der Waals surface area contributed by atoms with Gasteiger partial charge in [-0.25, -0.2) is 0 Å². The Morgan fingerprint density at radius 2 is 1.92 bits per heavy atom. The second-order valence-electron chi connectivity index (χ2n) is 6.86. The number of hydrogen-bond acceptors (Lipinski definition) is 5. The molecule has 2 heterocycles. The number of nitro groups is 1. The van der Waals surface area contributed by atoms with Crippen molar-refractivity contribution < 1.29 is 14.5 Å². The second-order valence-corrected chi connectivity index (χ2v) is 6.86. The molecule has 0 aromatic heterocycles. The number of nitrogens with one attached hydrogen (secondary N) is 2. The van der Waals surface area contributed by atoms with Gasteiger partial charge in [0.15, 0.2) is 0 Å². The van der Waals surface area contributed by atoms with E-state index in [4.69, 9.17) is 0 Å². The van der Waals surface area contributed by atoms with Crippen LogP contribution in [0.1, 0.15) is 32.1 Å². The number of hydrogen-bond donors (Lipinski definition) is 2. The third-order valence-electron chi connectivity index (χ3n) is 5.14. The highest BCUT2D eigenvalue weighted by atomic mass is 16.6. The van der Waals surface area contributed by atoms with E-state index < -0.39 is 6.04 Å². The molecule has 2 aliphatic heterocycles. The minimum absolute atomic E-state index is 0.0885. The van der Waals surface area contributed by atoms with Crippen LogP contribution in [0.25, 0.3) is 0 Å². The number of nitrogens with zero attached hydrogens (tertiary/aromatic N) is 2. The van der Waals surface area contributed by atoms with Crippen molar-refractivity contribution >= 4 is 23.2 Å². The number of nitro benzene ring substituents is 1. The number of carbonyl (C=O) groups excluding carboxylic acids is 2. The Morgan fingerprint density at radius 3 is 2.65 bits per heavy atom. The highest BCUT2D eigenvalue weighted by molar-refractivity contribution is 5.88.